The van der Waals surface area contributed by atoms with Gasteiger partial charge in [-0.2, -0.15) is 0 Å². The Morgan fingerprint density at radius 3 is 2.40 bits per heavy atom. The zero-order valence-electron chi connectivity index (χ0n) is 9.99. The third-order valence-electron chi connectivity index (χ3n) is 1.71. The summed E-state index contributed by atoms with van der Waals surface area (Å²) in [4.78, 5) is 9.33. The molecule has 0 amide bonds. The highest BCUT2D eigenvalue weighted by Gasteiger charge is 2.19. The van der Waals surface area contributed by atoms with Crippen LogP contribution in [0.5, 0.6) is 0 Å². The molecule has 0 radical (unpaired) electrons. The van der Waals surface area contributed by atoms with Crippen LogP contribution in [0.2, 0.25) is 0 Å². The number of hydrogen-bond donors (Lipinski definition) is 3. The van der Waals surface area contributed by atoms with E-state index in [1.807, 2.05) is 21.1 Å². The van der Waals surface area contributed by atoms with Crippen LogP contribution in [0.25, 0.3) is 0 Å². The van der Waals surface area contributed by atoms with E-state index in [9.17, 15) is 9.46 Å². The molecule has 0 spiro atoms. The molecular formula is C8H23N3O3P+. The van der Waals surface area contributed by atoms with Crippen molar-refractivity contribution in [3.05, 3.63) is 0 Å². The highest BCUT2D eigenvalue weighted by atomic mass is 31.2. The van der Waals surface area contributed by atoms with Crippen molar-refractivity contribution in [3.63, 3.8) is 0 Å². The molecule has 0 aliphatic carbocycles. The van der Waals surface area contributed by atoms with Gasteiger partial charge in [-0.15, -0.1) is 0 Å². The van der Waals surface area contributed by atoms with E-state index in [0.717, 1.165) is 0 Å². The number of nitrogens with one attached hydrogen (secondary N) is 2. The van der Waals surface area contributed by atoms with Crippen LogP contribution in [0.4, 0.5) is 0 Å². The van der Waals surface area contributed by atoms with Gasteiger partial charge in [0.15, 0.2) is 0 Å². The first-order valence-corrected chi connectivity index (χ1v) is 6.52. The van der Waals surface area contributed by atoms with Crippen LogP contribution in [0.15, 0.2) is 0 Å². The highest BCUT2D eigenvalue weighted by molar-refractivity contribution is 7.50. The molecule has 92 valence electrons. The van der Waals surface area contributed by atoms with E-state index in [1.54, 1.807) is 7.05 Å². The van der Waals surface area contributed by atoms with Gasteiger partial charge in [0.2, 0.25) is 0 Å². The summed E-state index contributed by atoms with van der Waals surface area (Å²) in [5.41, 5.74) is 0. The summed E-state index contributed by atoms with van der Waals surface area (Å²) in [7, 11) is 4.17. The molecule has 0 aliphatic heterocycles. The van der Waals surface area contributed by atoms with E-state index < -0.39 is 7.75 Å². The van der Waals surface area contributed by atoms with Crippen LogP contribution in [-0.4, -0.2) is 63.8 Å². The lowest BCUT2D eigenvalue weighted by Crippen LogP contribution is -2.37. The second-order valence-electron chi connectivity index (χ2n) is 4.38. The number of hydrogen-bond acceptors (Lipinski definition) is 3. The zero-order chi connectivity index (χ0) is 11.9. The largest absolute Gasteiger partial charge is 0.403 e. The summed E-state index contributed by atoms with van der Waals surface area (Å²) >= 11 is 0. The van der Waals surface area contributed by atoms with Crippen molar-refractivity contribution in [2.45, 2.75) is 0 Å². The normalized spacial score (nSPS) is 16.3. The molecule has 0 aromatic rings. The number of likely N-dealkylation sites (N-methyl/N-ethyl adjacent to an activating group) is 2. The molecule has 0 bridgehead atoms. The Balaban J connectivity index is 3.69. The Bertz CT molecular complexity index is 218. The molecule has 0 rings (SSSR count). The molecule has 0 heterocycles. The minimum atomic E-state index is -3.61. The van der Waals surface area contributed by atoms with Crippen LogP contribution >= 0.6 is 7.75 Å². The average molecular weight is 240 g/mol. The maximum atomic E-state index is 11.4. The molecule has 0 aromatic heterocycles. The molecule has 0 aromatic carbocycles. The monoisotopic (exact) mass is 240 g/mol. The van der Waals surface area contributed by atoms with Gasteiger partial charge in [0.05, 0.1) is 21.1 Å². The molecule has 7 heteroatoms. The van der Waals surface area contributed by atoms with Gasteiger partial charge in [-0.3, -0.25) is 4.52 Å². The van der Waals surface area contributed by atoms with E-state index in [4.69, 9.17) is 4.52 Å². The van der Waals surface area contributed by atoms with Gasteiger partial charge >= 0.3 is 7.75 Å². The molecular weight excluding hydrogens is 217 g/mol. The van der Waals surface area contributed by atoms with Gasteiger partial charge in [-0.05, 0) is 7.05 Å². The average Bonchev–Trinajstić information content (AvgIpc) is 2.01. The molecule has 0 aliphatic rings. The first-order valence-electron chi connectivity index (χ1n) is 4.94. The summed E-state index contributed by atoms with van der Waals surface area (Å²) in [5.74, 6) is 0. The smallest absolute Gasteiger partial charge is 0.329 e. The Kier molecular flexibility index (Phi) is 6.59. The second kappa shape index (κ2) is 6.58. The quantitative estimate of drug-likeness (QED) is 0.306. The minimum absolute atomic E-state index is 0.268. The van der Waals surface area contributed by atoms with Gasteiger partial charge in [-0.25, -0.2) is 9.65 Å². The lowest BCUT2D eigenvalue weighted by molar-refractivity contribution is -0.870. The van der Waals surface area contributed by atoms with Crippen molar-refractivity contribution >= 4 is 7.75 Å². The zero-order valence-corrected chi connectivity index (χ0v) is 10.9. The van der Waals surface area contributed by atoms with Gasteiger partial charge in [-0.1, -0.05) is 0 Å². The predicted molar refractivity (Wildman–Crippen MR) is 60.6 cm³/mol. The highest BCUT2D eigenvalue weighted by Crippen LogP contribution is 2.35. The van der Waals surface area contributed by atoms with E-state index in [2.05, 4.69) is 10.4 Å². The molecule has 3 N–H and O–H groups in total. The fourth-order valence-corrected chi connectivity index (χ4v) is 1.62. The second-order valence-corrected chi connectivity index (χ2v) is 5.99. The molecule has 15 heavy (non-hydrogen) atoms. The first-order chi connectivity index (χ1) is 6.77. The summed E-state index contributed by atoms with van der Waals surface area (Å²) in [6.07, 6.45) is 0. The molecule has 0 saturated heterocycles. The standard InChI is InChI=1S/C8H22N3O3P/c1-9-5-6-10-15(12,13)14-8-7-11(2,3)4/h9H,5-8H2,1-4H3,(H-,10,12,13)/p+1. The topological polar surface area (TPSA) is 70.6 Å². The van der Waals surface area contributed by atoms with Crippen LogP contribution in [-0.2, 0) is 9.09 Å². The third kappa shape index (κ3) is 10.3. The minimum Gasteiger partial charge on any atom is -0.329 e. The lowest BCUT2D eigenvalue weighted by atomic mass is 10.5. The fraction of sp³-hybridized carbons (Fsp3) is 1.00. The summed E-state index contributed by atoms with van der Waals surface area (Å²) < 4.78 is 17.0. The Morgan fingerprint density at radius 2 is 1.93 bits per heavy atom. The Morgan fingerprint density at radius 1 is 1.33 bits per heavy atom. The molecule has 1 unspecified atom stereocenters. The molecule has 1 atom stereocenters. The van der Waals surface area contributed by atoms with Crippen LogP contribution < -0.4 is 10.4 Å². The maximum Gasteiger partial charge on any atom is 0.403 e. The van der Waals surface area contributed by atoms with E-state index in [1.165, 1.54) is 0 Å². The van der Waals surface area contributed by atoms with Crippen LogP contribution in [0.3, 0.4) is 0 Å². The molecule has 0 saturated carbocycles. The van der Waals surface area contributed by atoms with Gasteiger partial charge in [0.1, 0.15) is 13.2 Å². The fourth-order valence-electron chi connectivity index (χ4n) is 0.806. The molecule has 0 fully saturated rings. The van der Waals surface area contributed by atoms with E-state index in [-0.39, 0.29) is 6.61 Å². The first kappa shape index (κ1) is 15.0. The van der Waals surface area contributed by atoms with Crippen molar-refractivity contribution in [1.82, 2.24) is 10.4 Å². The van der Waals surface area contributed by atoms with Crippen LogP contribution in [0, 0.1) is 0 Å². The Labute approximate surface area is 91.8 Å². The van der Waals surface area contributed by atoms with E-state index in [0.29, 0.717) is 24.1 Å². The summed E-state index contributed by atoms with van der Waals surface area (Å²) in [6, 6.07) is 0. The Hall–Kier alpha value is 0.0300. The predicted octanol–water partition coefficient (Wildman–Crippen LogP) is -0.381. The lowest BCUT2D eigenvalue weighted by Gasteiger charge is -2.24. The number of quaternary nitrogens is 1. The third-order valence-corrected chi connectivity index (χ3v) is 2.87. The SMILES string of the molecule is CNCCNP(=O)(O)OCC[N+](C)(C)C. The van der Waals surface area contributed by atoms with Gasteiger partial charge < -0.3 is 14.7 Å². The summed E-state index contributed by atoms with van der Waals surface area (Å²) in [5, 5.41) is 5.33. The number of rotatable bonds is 8. The van der Waals surface area contributed by atoms with E-state index >= 15 is 0 Å². The number of nitrogens with zero attached hydrogens (tertiary/aromatic N) is 1. The van der Waals surface area contributed by atoms with Crippen LogP contribution in [0.1, 0.15) is 0 Å². The van der Waals surface area contributed by atoms with Crippen molar-refractivity contribution in [3.8, 4) is 0 Å². The van der Waals surface area contributed by atoms with Crippen molar-refractivity contribution in [2.75, 3.05) is 54.4 Å². The van der Waals surface area contributed by atoms with Gasteiger partial charge in [0, 0.05) is 13.1 Å². The van der Waals surface area contributed by atoms with Gasteiger partial charge in [0.25, 0.3) is 0 Å². The maximum absolute atomic E-state index is 11.4. The van der Waals surface area contributed by atoms with Crippen molar-refractivity contribution in [1.29, 1.82) is 0 Å². The molecule has 6 nitrogen and oxygen atoms in total. The van der Waals surface area contributed by atoms with Crippen molar-refractivity contribution < 1.29 is 18.5 Å². The summed E-state index contributed by atoms with van der Waals surface area (Å²) in [6.45, 7) is 2.00. The van der Waals surface area contributed by atoms with Crippen molar-refractivity contribution in [2.24, 2.45) is 0 Å².